The minimum absolute atomic E-state index is 0.102. The fourth-order valence-corrected chi connectivity index (χ4v) is 1.32. The van der Waals surface area contributed by atoms with E-state index in [9.17, 15) is 9.59 Å². The molecule has 0 amide bonds. The van der Waals surface area contributed by atoms with Crippen LogP contribution in [-0.2, 0) is 0 Å². The fraction of sp³-hybridized carbons (Fsp3) is 0.200. The van der Waals surface area contributed by atoms with Gasteiger partial charge >= 0.3 is 11.9 Å². The van der Waals surface area contributed by atoms with Crippen LogP contribution in [0.5, 0.6) is 11.5 Å². The predicted molar refractivity (Wildman–Crippen MR) is 53.5 cm³/mol. The van der Waals surface area contributed by atoms with Crippen molar-refractivity contribution in [3.05, 3.63) is 23.3 Å². The third kappa shape index (κ3) is 1.90. The molecule has 0 radical (unpaired) electrons. The van der Waals surface area contributed by atoms with Crippen LogP contribution in [-0.4, -0.2) is 36.4 Å². The lowest BCUT2D eigenvalue weighted by molar-refractivity contribution is 0.0647. The van der Waals surface area contributed by atoms with Crippen molar-refractivity contribution in [1.82, 2.24) is 0 Å². The molecule has 0 bridgehead atoms. The van der Waals surface area contributed by atoms with Gasteiger partial charge in [0.25, 0.3) is 0 Å². The molecule has 1 aromatic rings. The van der Waals surface area contributed by atoms with Crippen LogP contribution in [0.4, 0.5) is 0 Å². The molecule has 16 heavy (non-hydrogen) atoms. The van der Waals surface area contributed by atoms with Crippen LogP contribution >= 0.6 is 0 Å². The monoisotopic (exact) mass is 226 g/mol. The Bertz CT molecular complexity index is 437. The highest BCUT2D eigenvalue weighted by molar-refractivity contribution is 6.04. The lowest BCUT2D eigenvalue weighted by Gasteiger charge is -2.11. The zero-order valence-corrected chi connectivity index (χ0v) is 8.68. The van der Waals surface area contributed by atoms with Gasteiger partial charge in [-0.1, -0.05) is 0 Å². The van der Waals surface area contributed by atoms with E-state index in [0.29, 0.717) is 0 Å². The Morgan fingerprint density at radius 2 is 1.69 bits per heavy atom. The molecular formula is C10H10O6. The Morgan fingerprint density at radius 1 is 1.06 bits per heavy atom. The Kier molecular flexibility index (Phi) is 3.34. The number of hydrogen-bond acceptors (Lipinski definition) is 4. The van der Waals surface area contributed by atoms with Gasteiger partial charge in [-0.3, -0.25) is 0 Å². The Hall–Kier alpha value is -2.24. The summed E-state index contributed by atoms with van der Waals surface area (Å²) in [4.78, 5) is 21.8. The number of hydrogen-bond donors (Lipinski definition) is 2. The number of ether oxygens (including phenoxy) is 2. The number of carbonyl (C=O) groups is 2. The van der Waals surface area contributed by atoms with Gasteiger partial charge in [0.1, 0.15) is 5.56 Å². The molecule has 0 unspecified atom stereocenters. The summed E-state index contributed by atoms with van der Waals surface area (Å²) in [6, 6.07) is 2.50. The summed E-state index contributed by atoms with van der Waals surface area (Å²) >= 11 is 0. The maximum absolute atomic E-state index is 11.0. The van der Waals surface area contributed by atoms with Crippen molar-refractivity contribution < 1.29 is 29.3 Å². The zero-order valence-electron chi connectivity index (χ0n) is 8.68. The molecule has 0 atom stereocenters. The number of methoxy groups -OCH3 is 2. The highest BCUT2D eigenvalue weighted by Gasteiger charge is 2.24. The Balaban J connectivity index is 3.56. The van der Waals surface area contributed by atoms with E-state index in [0.717, 1.165) is 6.07 Å². The maximum atomic E-state index is 11.0. The van der Waals surface area contributed by atoms with Gasteiger partial charge < -0.3 is 19.7 Å². The smallest absolute Gasteiger partial charge is 0.340 e. The van der Waals surface area contributed by atoms with Crippen molar-refractivity contribution >= 4 is 11.9 Å². The zero-order chi connectivity index (χ0) is 12.3. The first-order valence-electron chi connectivity index (χ1n) is 4.24. The molecule has 0 fully saturated rings. The van der Waals surface area contributed by atoms with Gasteiger partial charge in [-0.25, -0.2) is 9.59 Å². The highest BCUT2D eigenvalue weighted by atomic mass is 16.5. The predicted octanol–water partition coefficient (Wildman–Crippen LogP) is 1.10. The van der Waals surface area contributed by atoms with Gasteiger partial charge in [-0.2, -0.15) is 0 Å². The van der Waals surface area contributed by atoms with E-state index in [-0.39, 0.29) is 17.1 Å². The molecule has 1 aromatic carbocycles. The summed E-state index contributed by atoms with van der Waals surface area (Å²) in [6.45, 7) is 0. The molecule has 0 aliphatic rings. The van der Waals surface area contributed by atoms with E-state index >= 15 is 0 Å². The molecule has 1 rings (SSSR count). The first kappa shape index (κ1) is 11.8. The molecule has 0 aromatic heterocycles. The van der Waals surface area contributed by atoms with Gasteiger partial charge in [-0.05, 0) is 12.1 Å². The van der Waals surface area contributed by atoms with E-state index in [1.807, 2.05) is 0 Å². The molecule has 0 spiro atoms. The molecule has 0 saturated carbocycles. The van der Waals surface area contributed by atoms with E-state index in [2.05, 4.69) is 0 Å². The van der Waals surface area contributed by atoms with E-state index in [1.54, 1.807) is 0 Å². The summed E-state index contributed by atoms with van der Waals surface area (Å²) in [5.41, 5.74) is -0.764. The van der Waals surface area contributed by atoms with Crippen LogP contribution < -0.4 is 9.47 Å². The van der Waals surface area contributed by atoms with Gasteiger partial charge in [0.2, 0.25) is 0 Å². The first-order valence-corrected chi connectivity index (χ1v) is 4.24. The molecule has 6 nitrogen and oxygen atoms in total. The topological polar surface area (TPSA) is 93.1 Å². The first-order chi connectivity index (χ1) is 7.52. The number of benzene rings is 1. The number of aromatic carboxylic acids is 2. The molecule has 86 valence electrons. The summed E-state index contributed by atoms with van der Waals surface area (Å²) in [6.07, 6.45) is 0. The quantitative estimate of drug-likeness (QED) is 0.798. The van der Waals surface area contributed by atoms with Crippen LogP contribution in [0.3, 0.4) is 0 Å². The lowest BCUT2D eigenvalue weighted by atomic mass is 10.1. The average molecular weight is 226 g/mol. The number of rotatable bonds is 4. The van der Waals surface area contributed by atoms with Crippen LogP contribution in [0.15, 0.2) is 12.1 Å². The molecule has 0 saturated heterocycles. The second kappa shape index (κ2) is 4.52. The minimum atomic E-state index is -1.38. The highest BCUT2D eigenvalue weighted by Crippen LogP contribution is 2.33. The van der Waals surface area contributed by atoms with Crippen LogP contribution in [0, 0.1) is 0 Å². The Labute approximate surface area is 91.0 Å². The van der Waals surface area contributed by atoms with Gasteiger partial charge in [-0.15, -0.1) is 0 Å². The SMILES string of the molecule is COc1ccc(C(=O)O)c(C(=O)O)c1OC. The second-order valence-electron chi connectivity index (χ2n) is 2.83. The fourth-order valence-electron chi connectivity index (χ4n) is 1.32. The molecule has 2 N–H and O–H groups in total. The third-order valence-electron chi connectivity index (χ3n) is 1.99. The molecular weight excluding hydrogens is 216 g/mol. The summed E-state index contributed by atoms with van der Waals surface area (Å²) in [5.74, 6) is -2.65. The molecule has 6 heteroatoms. The van der Waals surface area contributed by atoms with E-state index in [1.165, 1.54) is 20.3 Å². The van der Waals surface area contributed by atoms with Gasteiger partial charge in [0.15, 0.2) is 11.5 Å². The summed E-state index contributed by atoms with van der Waals surface area (Å²) < 4.78 is 9.73. The van der Waals surface area contributed by atoms with Crippen molar-refractivity contribution in [2.45, 2.75) is 0 Å². The van der Waals surface area contributed by atoms with Crippen molar-refractivity contribution in [3.63, 3.8) is 0 Å². The minimum Gasteiger partial charge on any atom is -0.493 e. The van der Waals surface area contributed by atoms with Crippen molar-refractivity contribution in [3.8, 4) is 11.5 Å². The van der Waals surface area contributed by atoms with Crippen molar-refractivity contribution in [2.24, 2.45) is 0 Å². The van der Waals surface area contributed by atoms with Crippen LogP contribution in [0.1, 0.15) is 20.7 Å². The van der Waals surface area contributed by atoms with Crippen LogP contribution in [0.25, 0.3) is 0 Å². The van der Waals surface area contributed by atoms with Crippen LogP contribution in [0.2, 0.25) is 0 Å². The standard InChI is InChI=1S/C10H10O6/c1-15-6-4-3-5(9(11)12)7(10(13)14)8(6)16-2/h3-4H,1-2H3,(H,11,12)(H,13,14). The number of carboxylic acid groups (broad SMARTS) is 2. The maximum Gasteiger partial charge on any atom is 0.340 e. The molecule has 0 aliphatic heterocycles. The molecule has 0 aliphatic carbocycles. The van der Waals surface area contributed by atoms with Crippen molar-refractivity contribution in [1.29, 1.82) is 0 Å². The third-order valence-corrected chi connectivity index (χ3v) is 1.99. The number of carboxylic acids is 2. The second-order valence-corrected chi connectivity index (χ2v) is 2.83. The largest absolute Gasteiger partial charge is 0.493 e. The van der Waals surface area contributed by atoms with Crippen molar-refractivity contribution in [2.75, 3.05) is 14.2 Å². The van der Waals surface area contributed by atoms with E-state index in [4.69, 9.17) is 19.7 Å². The summed E-state index contributed by atoms with van der Waals surface area (Å²) in [5, 5.41) is 17.8. The normalized spacial score (nSPS) is 9.62. The Morgan fingerprint density at radius 3 is 2.06 bits per heavy atom. The van der Waals surface area contributed by atoms with E-state index < -0.39 is 17.5 Å². The average Bonchev–Trinajstić information content (AvgIpc) is 2.26. The van der Waals surface area contributed by atoms with Gasteiger partial charge in [0, 0.05) is 0 Å². The lowest BCUT2D eigenvalue weighted by Crippen LogP contribution is -2.10. The molecule has 0 heterocycles. The summed E-state index contributed by atoms with van der Waals surface area (Å²) in [7, 11) is 2.58. The van der Waals surface area contributed by atoms with Gasteiger partial charge in [0.05, 0.1) is 19.8 Å².